The van der Waals surface area contributed by atoms with Gasteiger partial charge in [0, 0.05) is 0 Å². The maximum Gasteiger partial charge on any atom is 0.526 e. The summed E-state index contributed by atoms with van der Waals surface area (Å²) in [7, 11) is -4.92. The normalized spacial score (nSPS) is 10.4. The molecule has 0 rings (SSSR count). The van der Waals surface area contributed by atoms with Crippen molar-refractivity contribution in [1.29, 1.82) is 0 Å². The Morgan fingerprint density at radius 3 is 2.10 bits per heavy atom. The van der Waals surface area contributed by atoms with Crippen LogP contribution >= 0.6 is 0 Å². The monoisotopic (exact) mass is 170 g/mol. The van der Waals surface area contributed by atoms with Gasteiger partial charge >= 0.3 is 16.3 Å². The first-order valence-corrected chi connectivity index (χ1v) is 3.20. The fourth-order valence-corrected chi connectivity index (χ4v) is 0.443. The summed E-state index contributed by atoms with van der Waals surface area (Å²) in [4.78, 5) is 19.0. The van der Waals surface area contributed by atoms with E-state index in [1.54, 1.807) is 0 Å². The second kappa shape index (κ2) is 2.47. The summed E-state index contributed by atoms with van der Waals surface area (Å²) in [5.74, 6) is 0. The summed E-state index contributed by atoms with van der Waals surface area (Å²) >= 11 is 0. The highest BCUT2D eigenvalue weighted by Crippen LogP contribution is 1.82. The van der Waals surface area contributed by atoms with Crippen LogP contribution in [0.4, 0.5) is 4.79 Å². The number of nitrogens with one attached hydrogen (secondary N) is 1. The Morgan fingerprint density at radius 1 is 1.60 bits per heavy atom. The van der Waals surface area contributed by atoms with Gasteiger partial charge in [0.25, 0.3) is 0 Å². The Bertz CT molecular complexity index is 251. The number of carbonyl (C=O) groups is 1. The van der Waals surface area contributed by atoms with E-state index in [1.807, 2.05) is 0 Å². The lowest BCUT2D eigenvalue weighted by molar-refractivity contribution is -0.306. The van der Waals surface area contributed by atoms with Crippen molar-refractivity contribution in [3.05, 3.63) is 10.1 Å². The number of nitrogens with zero attached hydrogens (tertiary/aromatic N) is 1. The molecule has 0 saturated carbocycles. The number of nitro groups is 1. The van der Waals surface area contributed by atoms with E-state index >= 15 is 0 Å². The van der Waals surface area contributed by atoms with Crippen molar-refractivity contribution in [1.82, 2.24) is 4.72 Å². The third-order valence-electron chi connectivity index (χ3n) is 0.413. The van der Waals surface area contributed by atoms with Crippen molar-refractivity contribution in [2.45, 2.75) is 0 Å². The van der Waals surface area contributed by atoms with E-state index in [1.165, 1.54) is 0 Å². The quantitative estimate of drug-likeness (QED) is 0.394. The molecule has 10 heavy (non-hydrogen) atoms. The highest BCUT2D eigenvalue weighted by molar-refractivity contribution is 7.83. The van der Waals surface area contributed by atoms with E-state index in [-0.39, 0.29) is 0 Å². The minimum absolute atomic E-state index is 0.708. The molecule has 0 aromatic rings. The van der Waals surface area contributed by atoms with Gasteiger partial charge in [-0.15, -0.1) is 8.42 Å². The van der Waals surface area contributed by atoms with Crippen LogP contribution in [0.5, 0.6) is 0 Å². The molecular weight excluding hydrogens is 168 g/mol. The zero-order valence-corrected chi connectivity index (χ0v) is 5.16. The van der Waals surface area contributed by atoms with Crippen LogP contribution < -0.4 is 4.72 Å². The first-order valence-electron chi connectivity index (χ1n) is 1.76. The summed E-state index contributed by atoms with van der Waals surface area (Å²) in [6.45, 7) is 0. The van der Waals surface area contributed by atoms with Crippen LogP contribution in [0.25, 0.3) is 0 Å². The van der Waals surface area contributed by atoms with Crippen molar-refractivity contribution in [2.75, 3.05) is 0 Å². The molecule has 0 aliphatic heterocycles. The van der Waals surface area contributed by atoms with Crippen molar-refractivity contribution in [2.24, 2.45) is 0 Å². The third-order valence-corrected chi connectivity index (χ3v) is 1.24. The minimum atomic E-state index is -4.92. The SMILES string of the molecule is O=C(O)NS(=O)(=O)[N+](=O)[O-]. The molecule has 0 heterocycles. The van der Waals surface area contributed by atoms with Gasteiger partial charge in [0.15, 0.2) is 4.33 Å². The molecule has 0 aliphatic carbocycles. The third kappa shape index (κ3) is 2.26. The van der Waals surface area contributed by atoms with Crippen LogP contribution in [-0.4, -0.2) is 23.9 Å². The molecule has 58 valence electrons. The second-order valence-electron chi connectivity index (χ2n) is 1.11. The first-order chi connectivity index (χ1) is 4.36. The Labute approximate surface area is 54.8 Å². The predicted octanol–water partition coefficient (Wildman–Crippen LogP) is -1.22. The number of hydrogen-bond donors (Lipinski definition) is 2. The molecule has 0 aliphatic rings. The molecule has 2 N–H and O–H groups in total. The smallest absolute Gasteiger partial charge is 0.464 e. The van der Waals surface area contributed by atoms with Gasteiger partial charge in [-0.3, -0.25) is 0 Å². The summed E-state index contributed by atoms with van der Waals surface area (Å²) in [6, 6.07) is 0. The van der Waals surface area contributed by atoms with Gasteiger partial charge in [0.1, 0.15) is 0 Å². The minimum Gasteiger partial charge on any atom is -0.464 e. The van der Waals surface area contributed by atoms with E-state index in [0.717, 1.165) is 0 Å². The second-order valence-corrected chi connectivity index (χ2v) is 2.56. The fourth-order valence-electron chi connectivity index (χ4n) is 0.148. The molecule has 0 atom stereocenters. The number of hydrogen-bond acceptors (Lipinski definition) is 5. The van der Waals surface area contributed by atoms with Crippen LogP contribution in [0.15, 0.2) is 0 Å². The molecule has 0 aromatic heterocycles. The van der Waals surface area contributed by atoms with E-state index in [2.05, 4.69) is 0 Å². The summed E-state index contributed by atoms with van der Waals surface area (Å²) in [6.07, 6.45) is -1.99. The van der Waals surface area contributed by atoms with Crippen molar-refractivity contribution in [3.8, 4) is 0 Å². The van der Waals surface area contributed by atoms with Gasteiger partial charge < -0.3 is 5.11 Å². The Hall–Kier alpha value is -1.38. The molecule has 0 saturated heterocycles. The van der Waals surface area contributed by atoms with Crippen LogP contribution in [0.2, 0.25) is 0 Å². The fraction of sp³-hybridized carbons (Fsp3) is 0. The standard InChI is InChI=1S/CH2N2O6S/c4-1(5)2-10(8,9)3(6)7/h2H,(H,4,5). The van der Waals surface area contributed by atoms with E-state index in [4.69, 9.17) is 5.11 Å². The first kappa shape index (κ1) is 8.62. The van der Waals surface area contributed by atoms with Gasteiger partial charge in [-0.2, -0.15) is 4.72 Å². The van der Waals surface area contributed by atoms with E-state index < -0.39 is 20.6 Å². The zero-order valence-electron chi connectivity index (χ0n) is 4.34. The molecular formula is CH2N2O6S. The average molecular weight is 170 g/mol. The molecule has 0 spiro atoms. The summed E-state index contributed by atoms with van der Waals surface area (Å²) in [5.41, 5.74) is 0. The van der Waals surface area contributed by atoms with E-state index in [0.29, 0.717) is 4.72 Å². The van der Waals surface area contributed by atoms with Crippen LogP contribution in [0, 0.1) is 10.1 Å². The Balaban J connectivity index is 4.46. The molecule has 8 nitrogen and oxygen atoms in total. The maximum atomic E-state index is 9.95. The van der Waals surface area contributed by atoms with Crippen molar-refractivity contribution < 1.29 is 22.6 Å². The van der Waals surface area contributed by atoms with Gasteiger partial charge in [0.05, 0.1) is 0 Å². The lowest BCUT2D eigenvalue weighted by atomic mass is 11.3. The van der Waals surface area contributed by atoms with Gasteiger partial charge in [-0.05, 0) is 0 Å². The Morgan fingerprint density at radius 2 is 2.00 bits per heavy atom. The van der Waals surface area contributed by atoms with Gasteiger partial charge in [0.2, 0.25) is 0 Å². The number of carboxylic acid groups (broad SMARTS) is 1. The van der Waals surface area contributed by atoms with E-state index in [9.17, 15) is 23.3 Å². The maximum absolute atomic E-state index is 9.95. The van der Waals surface area contributed by atoms with Crippen LogP contribution in [0.1, 0.15) is 0 Å². The lowest BCUT2D eigenvalue weighted by Crippen LogP contribution is -2.33. The number of rotatable bonds is 2. The van der Waals surface area contributed by atoms with Crippen LogP contribution in [0.3, 0.4) is 0 Å². The van der Waals surface area contributed by atoms with Gasteiger partial charge in [-0.25, -0.2) is 14.9 Å². The molecule has 0 radical (unpaired) electrons. The molecule has 1 amide bonds. The van der Waals surface area contributed by atoms with Crippen molar-refractivity contribution in [3.63, 3.8) is 0 Å². The highest BCUT2D eigenvalue weighted by Gasteiger charge is 2.25. The molecule has 0 bridgehead atoms. The van der Waals surface area contributed by atoms with Gasteiger partial charge in [-0.1, -0.05) is 0 Å². The lowest BCUT2D eigenvalue weighted by Gasteiger charge is -1.90. The number of amides is 1. The highest BCUT2D eigenvalue weighted by atomic mass is 32.2. The largest absolute Gasteiger partial charge is 0.526 e. The summed E-state index contributed by atoms with van der Waals surface area (Å²) in [5, 5.41) is 17.2. The molecule has 0 unspecified atom stereocenters. The van der Waals surface area contributed by atoms with Crippen LogP contribution in [-0.2, 0) is 10.2 Å². The molecule has 0 aromatic carbocycles. The topological polar surface area (TPSA) is 127 Å². The van der Waals surface area contributed by atoms with Crippen molar-refractivity contribution >= 4 is 16.3 Å². The molecule has 9 heteroatoms. The summed E-state index contributed by atoms with van der Waals surface area (Å²) < 4.78 is 18.9. The zero-order chi connectivity index (χ0) is 8.36. The molecule has 0 fully saturated rings. The Kier molecular flexibility index (Phi) is 2.13. The average Bonchev–Trinajstić information content (AvgIpc) is 1.60. The predicted molar refractivity (Wildman–Crippen MR) is 27.1 cm³/mol.